The van der Waals surface area contributed by atoms with Crippen molar-refractivity contribution in [2.75, 3.05) is 5.73 Å². The molecular formula is C16H15N5. The molecule has 0 spiro atoms. The zero-order chi connectivity index (χ0) is 14.2. The van der Waals surface area contributed by atoms with E-state index in [1.165, 1.54) is 12.8 Å². The van der Waals surface area contributed by atoms with Gasteiger partial charge in [0.2, 0.25) is 0 Å². The average Bonchev–Trinajstić information content (AvgIpc) is 3.25. The lowest BCUT2D eigenvalue weighted by molar-refractivity contribution is 0.810. The van der Waals surface area contributed by atoms with Crippen molar-refractivity contribution in [2.24, 2.45) is 0 Å². The van der Waals surface area contributed by atoms with Crippen LogP contribution in [0.25, 0.3) is 17.2 Å². The highest BCUT2D eigenvalue weighted by Gasteiger charge is 2.26. The van der Waals surface area contributed by atoms with Crippen LogP contribution in [0.3, 0.4) is 0 Å². The summed E-state index contributed by atoms with van der Waals surface area (Å²) in [5, 5.41) is 4.59. The summed E-state index contributed by atoms with van der Waals surface area (Å²) >= 11 is 0. The fourth-order valence-corrected chi connectivity index (χ4v) is 2.35. The number of nitrogen functional groups attached to an aromatic ring is 1. The minimum absolute atomic E-state index is 0.447. The van der Waals surface area contributed by atoms with E-state index in [-0.39, 0.29) is 0 Å². The largest absolute Gasteiger partial charge is 0.384 e. The number of nitrogens with two attached hydrogens (primary N) is 1. The fourth-order valence-electron chi connectivity index (χ4n) is 2.35. The van der Waals surface area contributed by atoms with Crippen molar-refractivity contribution in [2.45, 2.75) is 18.8 Å². The Kier molecular flexibility index (Phi) is 2.70. The van der Waals surface area contributed by atoms with Gasteiger partial charge in [-0.1, -0.05) is 30.3 Å². The molecule has 104 valence electrons. The quantitative estimate of drug-likeness (QED) is 0.799. The number of benzene rings is 1. The third kappa shape index (κ3) is 2.38. The molecule has 5 heteroatoms. The molecule has 4 rings (SSSR count). The molecule has 0 bridgehead atoms. The topological polar surface area (TPSA) is 69.6 Å². The van der Waals surface area contributed by atoms with Crippen LogP contribution in [0.15, 0.2) is 48.7 Å². The van der Waals surface area contributed by atoms with Crippen LogP contribution >= 0.6 is 0 Å². The van der Waals surface area contributed by atoms with Gasteiger partial charge in [0.15, 0.2) is 11.6 Å². The van der Waals surface area contributed by atoms with Crippen molar-refractivity contribution >= 4 is 5.82 Å². The summed E-state index contributed by atoms with van der Waals surface area (Å²) in [5.74, 6) is 2.39. The van der Waals surface area contributed by atoms with Crippen LogP contribution in [0.5, 0.6) is 0 Å². The molecule has 0 unspecified atom stereocenters. The van der Waals surface area contributed by atoms with Crippen LogP contribution in [-0.4, -0.2) is 19.7 Å². The van der Waals surface area contributed by atoms with Gasteiger partial charge < -0.3 is 5.73 Å². The Hall–Kier alpha value is -2.69. The molecule has 5 nitrogen and oxygen atoms in total. The predicted octanol–water partition coefficient (Wildman–Crippen LogP) is 2.79. The maximum atomic E-state index is 5.92. The van der Waals surface area contributed by atoms with Gasteiger partial charge >= 0.3 is 0 Å². The Morgan fingerprint density at radius 1 is 1.05 bits per heavy atom. The third-order valence-corrected chi connectivity index (χ3v) is 3.60. The molecule has 0 amide bonds. The second kappa shape index (κ2) is 4.70. The van der Waals surface area contributed by atoms with Gasteiger partial charge in [0.1, 0.15) is 5.82 Å². The van der Waals surface area contributed by atoms with Crippen LogP contribution in [0.2, 0.25) is 0 Å². The van der Waals surface area contributed by atoms with Gasteiger partial charge in [-0.2, -0.15) is 5.10 Å². The molecule has 0 aliphatic heterocycles. The monoisotopic (exact) mass is 277 g/mol. The van der Waals surface area contributed by atoms with Crippen LogP contribution in [0.1, 0.15) is 24.5 Å². The summed E-state index contributed by atoms with van der Waals surface area (Å²) in [4.78, 5) is 8.89. The van der Waals surface area contributed by atoms with Gasteiger partial charge in [0.05, 0.1) is 5.69 Å². The predicted molar refractivity (Wildman–Crippen MR) is 81.0 cm³/mol. The molecule has 2 heterocycles. The summed E-state index contributed by atoms with van der Waals surface area (Å²) in [6, 6.07) is 13.6. The van der Waals surface area contributed by atoms with Gasteiger partial charge in [-0.25, -0.2) is 14.6 Å². The first kappa shape index (κ1) is 12.1. The van der Waals surface area contributed by atoms with Gasteiger partial charge in [-0.3, -0.25) is 0 Å². The summed E-state index contributed by atoms with van der Waals surface area (Å²) in [6.45, 7) is 0. The third-order valence-electron chi connectivity index (χ3n) is 3.60. The van der Waals surface area contributed by atoms with Crippen molar-refractivity contribution in [1.82, 2.24) is 19.7 Å². The molecule has 1 fully saturated rings. The standard InChI is InChI=1S/C16H15N5/c17-14-10-15(21-9-8-13(20-21)11-6-7-11)19-16(18-14)12-4-2-1-3-5-12/h1-5,8-11H,6-7H2,(H2,17,18,19). The SMILES string of the molecule is Nc1cc(-n2ccc(C3CC3)n2)nc(-c2ccccc2)n1. The highest BCUT2D eigenvalue weighted by atomic mass is 15.3. The number of hydrogen-bond donors (Lipinski definition) is 1. The molecule has 0 atom stereocenters. The van der Waals surface area contributed by atoms with E-state index in [0.29, 0.717) is 23.4 Å². The van der Waals surface area contributed by atoms with Gasteiger partial charge in [0, 0.05) is 23.7 Å². The minimum Gasteiger partial charge on any atom is -0.384 e. The molecule has 1 aliphatic carbocycles. The van der Waals surface area contributed by atoms with Crippen LogP contribution in [-0.2, 0) is 0 Å². The van der Waals surface area contributed by atoms with Crippen LogP contribution < -0.4 is 5.73 Å². The first-order chi connectivity index (χ1) is 10.3. The maximum absolute atomic E-state index is 5.92. The van der Waals surface area contributed by atoms with Gasteiger partial charge in [0.25, 0.3) is 0 Å². The first-order valence-corrected chi connectivity index (χ1v) is 7.05. The molecule has 1 saturated carbocycles. The molecular weight excluding hydrogens is 262 g/mol. The molecule has 0 radical (unpaired) electrons. The van der Waals surface area contributed by atoms with Crippen molar-refractivity contribution < 1.29 is 0 Å². The van der Waals surface area contributed by atoms with Crippen LogP contribution in [0.4, 0.5) is 5.82 Å². The Balaban J connectivity index is 1.76. The van der Waals surface area contributed by atoms with Crippen LogP contribution in [0, 0.1) is 0 Å². The highest BCUT2D eigenvalue weighted by Crippen LogP contribution is 2.39. The zero-order valence-corrected chi connectivity index (χ0v) is 11.5. The molecule has 1 aliphatic rings. The van der Waals surface area contributed by atoms with E-state index in [9.17, 15) is 0 Å². The van der Waals surface area contributed by atoms with Crippen molar-refractivity contribution in [1.29, 1.82) is 0 Å². The van der Waals surface area contributed by atoms with Gasteiger partial charge in [-0.15, -0.1) is 0 Å². The molecule has 1 aromatic carbocycles. The zero-order valence-electron chi connectivity index (χ0n) is 11.5. The molecule has 0 saturated heterocycles. The maximum Gasteiger partial charge on any atom is 0.163 e. The normalized spacial score (nSPS) is 14.3. The van der Waals surface area contributed by atoms with E-state index in [1.54, 1.807) is 10.7 Å². The Bertz CT molecular complexity index is 774. The van der Waals surface area contributed by atoms with E-state index in [0.717, 1.165) is 11.3 Å². The number of anilines is 1. The van der Waals surface area contributed by atoms with E-state index in [4.69, 9.17) is 5.73 Å². The van der Waals surface area contributed by atoms with Crippen molar-refractivity contribution in [3.8, 4) is 17.2 Å². The summed E-state index contributed by atoms with van der Waals surface area (Å²) < 4.78 is 1.78. The Morgan fingerprint density at radius 2 is 1.86 bits per heavy atom. The summed E-state index contributed by atoms with van der Waals surface area (Å²) in [6.07, 6.45) is 4.40. The molecule has 2 N–H and O–H groups in total. The summed E-state index contributed by atoms with van der Waals surface area (Å²) in [7, 11) is 0. The number of rotatable bonds is 3. The van der Waals surface area contributed by atoms with E-state index in [1.807, 2.05) is 36.5 Å². The highest BCUT2D eigenvalue weighted by molar-refractivity contribution is 5.58. The summed E-state index contributed by atoms with van der Waals surface area (Å²) in [5.41, 5.74) is 8.00. The van der Waals surface area contributed by atoms with E-state index < -0.39 is 0 Å². The fraction of sp³-hybridized carbons (Fsp3) is 0.188. The smallest absolute Gasteiger partial charge is 0.163 e. The lowest BCUT2D eigenvalue weighted by atomic mass is 10.2. The van der Waals surface area contributed by atoms with E-state index >= 15 is 0 Å². The average molecular weight is 277 g/mol. The molecule has 21 heavy (non-hydrogen) atoms. The Morgan fingerprint density at radius 3 is 2.62 bits per heavy atom. The second-order valence-electron chi connectivity index (χ2n) is 5.30. The lowest BCUT2D eigenvalue weighted by Crippen LogP contribution is -2.04. The van der Waals surface area contributed by atoms with Gasteiger partial charge in [-0.05, 0) is 18.9 Å². The second-order valence-corrected chi connectivity index (χ2v) is 5.30. The lowest BCUT2D eigenvalue weighted by Gasteiger charge is -2.06. The van der Waals surface area contributed by atoms with E-state index in [2.05, 4.69) is 21.1 Å². The van der Waals surface area contributed by atoms with Crippen molar-refractivity contribution in [3.63, 3.8) is 0 Å². The minimum atomic E-state index is 0.447. The van der Waals surface area contributed by atoms with Crippen molar-refractivity contribution in [3.05, 3.63) is 54.4 Å². The number of nitrogens with zero attached hydrogens (tertiary/aromatic N) is 4. The number of aromatic nitrogens is 4. The number of hydrogen-bond acceptors (Lipinski definition) is 4. The molecule has 2 aromatic heterocycles. The Labute approximate surface area is 122 Å². The molecule has 3 aromatic rings. The first-order valence-electron chi connectivity index (χ1n) is 7.05.